The van der Waals surface area contributed by atoms with Crippen LogP contribution >= 0.6 is 11.6 Å². The minimum absolute atomic E-state index is 0.00567. The standard InChI is InChI=1S/C17H16ClF2N3O/c1-9-15(10-3-2-4-11(18)7-10)16(23-22-9)21-17(24)13-8-12(19)5-6-14(13)20/h2-9,15-16,22-23H,1H3,(H,21,24). The molecule has 0 bridgehead atoms. The number of amides is 1. The lowest BCUT2D eigenvalue weighted by atomic mass is 9.91. The number of hydrazine groups is 1. The first-order chi connectivity index (χ1) is 11.5. The monoisotopic (exact) mass is 351 g/mol. The second kappa shape index (κ2) is 6.84. The molecule has 0 saturated carbocycles. The number of hydrogen-bond acceptors (Lipinski definition) is 3. The van der Waals surface area contributed by atoms with Gasteiger partial charge < -0.3 is 5.32 Å². The van der Waals surface area contributed by atoms with Crippen molar-refractivity contribution >= 4 is 17.5 Å². The predicted octanol–water partition coefficient (Wildman–Crippen LogP) is 2.95. The second-order valence-electron chi connectivity index (χ2n) is 5.73. The Morgan fingerprint density at radius 2 is 1.96 bits per heavy atom. The molecule has 0 spiro atoms. The fourth-order valence-electron chi connectivity index (χ4n) is 2.90. The van der Waals surface area contributed by atoms with Gasteiger partial charge in [0.25, 0.3) is 5.91 Å². The Morgan fingerprint density at radius 3 is 2.71 bits per heavy atom. The summed E-state index contributed by atoms with van der Waals surface area (Å²) in [4.78, 5) is 12.3. The van der Waals surface area contributed by atoms with Crippen LogP contribution < -0.4 is 16.2 Å². The van der Waals surface area contributed by atoms with E-state index in [0.717, 1.165) is 23.8 Å². The molecule has 1 aliphatic rings. The van der Waals surface area contributed by atoms with E-state index in [0.29, 0.717) is 5.02 Å². The second-order valence-corrected chi connectivity index (χ2v) is 6.17. The zero-order valence-electron chi connectivity index (χ0n) is 12.8. The molecule has 1 heterocycles. The lowest BCUT2D eigenvalue weighted by Gasteiger charge is -2.22. The van der Waals surface area contributed by atoms with Crippen LogP contribution in [0.15, 0.2) is 42.5 Å². The summed E-state index contributed by atoms with van der Waals surface area (Å²) in [6.45, 7) is 1.95. The van der Waals surface area contributed by atoms with Crippen molar-refractivity contribution in [2.24, 2.45) is 0 Å². The molecule has 3 N–H and O–H groups in total. The topological polar surface area (TPSA) is 53.2 Å². The van der Waals surface area contributed by atoms with Crippen LogP contribution in [0.2, 0.25) is 5.02 Å². The highest BCUT2D eigenvalue weighted by Crippen LogP contribution is 2.28. The van der Waals surface area contributed by atoms with Crippen LogP contribution in [-0.2, 0) is 0 Å². The smallest absolute Gasteiger partial charge is 0.255 e. The molecule has 1 saturated heterocycles. The van der Waals surface area contributed by atoms with E-state index in [1.54, 1.807) is 6.07 Å². The fraction of sp³-hybridized carbons (Fsp3) is 0.235. The molecule has 4 nitrogen and oxygen atoms in total. The summed E-state index contributed by atoms with van der Waals surface area (Å²) < 4.78 is 27.0. The lowest BCUT2D eigenvalue weighted by Crippen LogP contribution is -2.46. The van der Waals surface area contributed by atoms with E-state index in [-0.39, 0.29) is 17.5 Å². The van der Waals surface area contributed by atoms with E-state index < -0.39 is 23.7 Å². The van der Waals surface area contributed by atoms with Gasteiger partial charge in [0, 0.05) is 17.0 Å². The SMILES string of the molecule is CC1NNC(NC(=O)c2cc(F)ccc2F)C1c1cccc(Cl)c1. The van der Waals surface area contributed by atoms with Gasteiger partial charge in [-0.15, -0.1) is 0 Å². The van der Waals surface area contributed by atoms with E-state index in [1.165, 1.54) is 0 Å². The number of benzene rings is 2. The summed E-state index contributed by atoms with van der Waals surface area (Å²) in [6, 6.07) is 10.1. The van der Waals surface area contributed by atoms with Crippen molar-refractivity contribution in [2.75, 3.05) is 0 Å². The average Bonchev–Trinajstić information content (AvgIpc) is 2.90. The van der Waals surface area contributed by atoms with Crippen molar-refractivity contribution in [2.45, 2.75) is 25.0 Å². The zero-order chi connectivity index (χ0) is 17.3. The molecule has 3 rings (SSSR count). The molecular formula is C17H16ClF2N3O. The molecule has 24 heavy (non-hydrogen) atoms. The maximum atomic E-state index is 13.8. The zero-order valence-corrected chi connectivity index (χ0v) is 13.6. The summed E-state index contributed by atoms with van der Waals surface area (Å²) in [7, 11) is 0. The van der Waals surface area contributed by atoms with E-state index in [9.17, 15) is 13.6 Å². The molecule has 3 unspecified atom stereocenters. The van der Waals surface area contributed by atoms with Crippen LogP contribution in [0.5, 0.6) is 0 Å². The molecule has 0 radical (unpaired) electrons. The highest BCUT2D eigenvalue weighted by Gasteiger charge is 2.35. The Bertz CT molecular complexity index is 771. The minimum Gasteiger partial charge on any atom is -0.335 e. The Labute approximate surface area is 143 Å². The fourth-order valence-corrected chi connectivity index (χ4v) is 3.10. The number of rotatable bonds is 3. The third-order valence-corrected chi connectivity index (χ3v) is 4.29. The Kier molecular flexibility index (Phi) is 4.80. The summed E-state index contributed by atoms with van der Waals surface area (Å²) in [5.74, 6) is -2.25. The van der Waals surface area contributed by atoms with Gasteiger partial charge >= 0.3 is 0 Å². The maximum Gasteiger partial charge on any atom is 0.255 e. The quantitative estimate of drug-likeness (QED) is 0.797. The molecule has 3 atom stereocenters. The number of hydrogen-bond donors (Lipinski definition) is 3. The van der Waals surface area contributed by atoms with Gasteiger partial charge in [-0.25, -0.2) is 14.2 Å². The summed E-state index contributed by atoms with van der Waals surface area (Å²) >= 11 is 6.04. The van der Waals surface area contributed by atoms with E-state index >= 15 is 0 Å². The first kappa shape index (κ1) is 16.8. The minimum atomic E-state index is -0.771. The van der Waals surface area contributed by atoms with E-state index in [1.807, 2.05) is 25.1 Å². The first-order valence-electron chi connectivity index (χ1n) is 7.48. The number of nitrogens with one attached hydrogen (secondary N) is 3. The number of carbonyl (C=O) groups excluding carboxylic acids is 1. The van der Waals surface area contributed by atoms with Crippen molar-refractivity contribution in [3.8, 4) is 0 Å². The lowest BCUT2D eigenvalue weighted by molar-refractivity contribution is 0.0924. The van der Waals surface area contributed by atoms with E-state index in [2.05, 4.69) is 16.2 Å². The van der Waals surface area contributed by atoms with Gasteiger partial charge in [0.2, 0.25) is 0 Å². The van der Waals surface area contributed by atoms with Gasteiger partial charge in [-0.05, 0) is 42.8 Å². The number of halogens is 3. The Hall–Kier alpha value is -2.02. The van der Waals surface area contributed by atoms with Crippen LogP contribution in [0, 0.1) is 11.6 Å². The molecule has 0 aliphatic carbocycles. The molecule has 0 aromatic heterocycles. The van der Waals surface area contributed by atoms with Crippen molar-refractivity contribution < 1.29 is 13.6 Å². The van der Waals surface area contributed by atoms with Gasteiger partial charge in [-0.2, -0.15) is 0 Å². The molecule has 1 amide bonds. The summed E-state index contributed by atoms with van der Waals surface area (Å²) in [5.41, 5.74) is 6.61. The summed E-state index contributed by atoms with van der Waals surface area (Å²) in [5, 5.41) is 3.29. The van der Waals surface area contributed by atoms with Gasteiger partial charge in [-0.3, -0.25) is 10.2 Å². The van der Waals surface area contributed by atoms with Gasteiger partial charge in [-0.1, -0.05) is 23.7 Å². The van der Waals surface area contributed by atoms with Gasteiger partial charge in [0.15, 0.2) is 0 Å². The van der Waals surface area contributed by atoms with Crippen LogP contribution in [0.1, 0.15) is 28.8 Å². The van der Waals surface area contributed by atoms with Crippen molar-refractivity contribution in [1.82, 2.24) is 16.2 Å². The third-order valence-electron chi connectivity index (χ3n) is 4.06. The summed E-state index contributed by atoms with van der Waals surface area (Å²) in [6.07, 6.45) is -0.492. The largest absolute Gasteiger partial charge is 0.335 e. The first-order valence-corrected chi connectivity index (χ1v) is 7.86. The van der Waals surface area contributed by atoms with Crippen LogP contribution in [0.25, 0.3) is 0 Å². The van der Waals surface area contributed by atoms with Crippen LogP contribution in [0.4, 0.5) is 8.78 Å². The Morgan fingerprint density at radius 1 is 1.17 bits per heavy atom. The molecule has 126 valence electrons. The van der Waals surface area contributed by atoms with Gasteiger partial charge in [0.1, 0.15) is 17.8 Å². The Balaban J connectivity index is 1.83. The maximum absolute atomic E-state index is 13.8. The highest BCUT2D eigenvalue weighted by atomic mass is 35.5. The van der Waals surface area contributed by atoms with Crippen molar-refractivity contribution in [1.29, 1.82) is 0 Å². The van der Waals surface area contributed by atoms with Crippen LogP contribution in [-0.4, -0.2) is 18.1 Å². The average molecular weight is 352 g/mol. The van der Waals surface area contributed by atoms with Crippen LogP contribution in [0.3, 0.4) is 0 Å². The molecule has 1 aliphatic heterocycles. The van der Waals surface area contributed by atoms with Gasteiger partial charge in [0.05, 0.1) is 5.56 Å². The third kappa shape index (κ3) is 3.40. The molecule has 7 heteroatoms. The molecular weight excluding hydrogens is 336 g/mol. The highest BCUT2D eigenvalue weighted by molar-refractivity contribution is 6.30. The number of carbonyl (C=O) groups is 1. The predicted molar refractivity (Wildman–Crippen MR) is 87.5 cm³/mol. The van der Waals surface area contributed by atoms with E-state index in [4.69, 9.17) is 11.6 Å². The van der Waals surface area contributed by atoms with Crippen molar-refractivity contribution in [3.63, 3.8) is 0 Å². The molecule has 1 fully saturated rings. The molecule has 2 aromatic carbocycles. The van der Waals surface area contributed by atoms with Crippen molar-refractivity contribution in [3.05, 3.63) is 70.2 Å². The molecule has 2 aromatic rings. The normalized spacial score (nSPS) is 23.2.